The molecular weight excluding hydrogens is 206 g/mol. The Balaban J connectivity index is 1.73. The highest BCUT2D eigenvalue weighted by atomic mass is 16.4. The third kappa shape index (κ3) is 2.97. The van der Waals surface area contributed by atoms with Gasteiger partial charge in [-0.05, 0) is 37.0 Å². The van der Waals surface area contributed by atoms with Gasteiger partial charge in [0.05, 0.1) is 6.42 Å². The molecule has 2 saturated carbocycles. The molecule has 2 aliphatic rings. The minimum absolute atomic E-state index is 0.0964. The second-order valence-electron chi connectivity index (χ2n) is 5.35. The van der Waals surface area contributed by atoms with Crippen molar-refractivity contribution in [3.05, 3.63) is 0 Å². The first-order valence-corrected chi connectivity index (χ1v) is 6.08. The Morgan fingerprint density at radius 3 is 2.44 bits per heavy atom. The molecule has 4 heteroatoms. The molecule has 2 N–H and O–H groups in total. The van der Waals surface area contributed by atoms with E-state index >= 15 is 0 Å². The van der Waals surface area contributed by atoms with E-state index in [0.29, 0.717) is 18.9 Å². The van der Waals surface area contributed by atoms with Crippen molar-refractivity contribution >= 4 is 11.9 Å². The lowest BCUT2D eigenvalue weighted by molar-refractivity contribution is -0.141. The van der Waals surface area contributed by atoms with Crippen LogP contribution in [0.1, 0.15) is 44.9 Å². The molecule has 0 heterocycles. The molecule has 0 aliphatic heterocycles. The molecule has 0 aromatic rings. The van der Waals surface area contributed by atoms with Gasteiger partial charge in [0, 0.05) is 13.0 Å². The standard InChI is InChI=1S/C12H19NO3/c14-10(6-9-2-3-9)13-8-12(4-1-5-12)7-11(15)16/h9H,1-8H2,(H,13,14)(H,15,16). The van der Waals surface area contributed by atoms with Crippen LogP contribution in [0.4, 0.5) is 0 Å². The number of amides is 1. The zero-order valence-corrected chi connectivity index (χ0v) is 9.50. The molecule has 0 atom stereocenters. The molecule has 0 aromatic carbocycles. The molecule has 0 radical (unpaired) electrons. The van der Waals surface area contributed by atoms with E-state index in [9.17, 15) is 9.59 Å². The molecule has 90 valence electrons. The Hall–Kier alpha value is -1.06. The van der Waals surface area contributed by atoms with Crippen LogP contribution in [0.3, 0.4) is 0 Å². The number of carbonyl (C=O) groups is 2. The minimum atomic E-state index is -0.754. The smallest absolute Gasteiger partial charge is 0.303 e. The summed E-state index contributed by atoms with van der Waals surface area (Å²) in [6, 6.07) is 0. The molecule has 4 nitrogen and oxygen atoms in total. The van der Waals surface area contributed by atoms with Gasteiger partial charge in [-0.15, -0.1) is 0 Å². The lowest BCUT2D eigenvalue weighted by atomic mass is 9.66. The van der Waals surface area contributed by atoms with Gasteiger partial charge < -0.3 is 10.4 Å². The fourth-order valence-corrected chi connectivity index (χ4v) is 2.36. The van der Waals surface area contributed by atoms with Crippen LogP contribution in [-0.2, 0) is 9.59 Å². The average molecular weight is 225 g/mol. The Kier molecular flexibility index (Phi) is 3.17. The molecule has 1 amide bonds. The lowest BCUT2D eigenvalue weighted by Crippen LogP contribution is -2.43. The van der Waals surface area contributed by atoms with Gasteiger partial charge in [-0.1, -0.05) is 6.42 Å². The van der Waals surface area contributed by atoms with Crippen LogP contribution in [0.2, 0.25) is 0 Å². The zero-order chi connectivity index (χ0) is 11.6. The van der Waals surface area contributed by atoms with Gasteiger partial charge in [0.15, 0.2) is 0 Å². The van der Waals surface area contributed by atoms with Crippen LogP contribution in [0.15, 0.2) is 0 Å². The first-order valence-electron chi connectivity index (χ1n) is 6.08. The molecule has 0 saturated heterocycles. The Labute approximate surface area is 95.4 Å². The second kappa shape index (κ2) is 4.44. The summed E-state index contributed by atoms with van der Waals surface area (Å²) in [6.07, 6.45) is 6.12. The number of hydrogen-bond acceptors (Lipinski definition) is 2. The summed E-state index contributed by atoms with van der Waals surface area (Å²) >= 11 is 0. The van der Waals surface area contributed by atoms with Crippen molar-refractivity contribution in [1.82, 2.24) is 5.32 Å². The van der Waals surface area contributed by atoms with Crippen LogP contribution in [0.5, 0.6) is 0 Å². The number of hydrogen-bond donors (Lipinski definition) is 2. The fraction of sp³-hybridized carbons (Fsp3) is 0.833. The average Bonchev–Trinajstić information content (AvgIpc) is 2.92. The van der Waals surface area contributed by atoms with Crippen molar-refractivity contribution in [1.29, 1.82) is 0 Å². The molecule has 0 bridgehead atoms. The maximum atomic E-state index is 11.5. The van der Waals surface area contributed by atoms with E-state index in [1.807, 2.05) is 0 Å². The summed E-state index contributed by atoms with van der Waals surface area (Å²) < 4.78 is 0. The molecule has 2 rings (SSSR count). The predicted molar refractivity (Wildman–Crippen MR) is 58.9 cm³/mol. The number of aliphatic carboxylic acids is 1. The summed E-state index contributed by atoms with van der Waals surface area (Å²) in [6.45, 7) is 0.546. The van der Waals surface area contributed by atoms with Crippen molar-refractivity contribution in [2.24, 2.45) is 11.3 Å². The van der Waals surface area contributed by atoms with Gasteiger partial charge in [-0.25, -0.2) is 0 Å². The predicted octanol–water partition coefficient (Wildman–Crippen LogP) is 1.55. The first-order chi connectivity index (χ1) is 7.60. The lowest BCUT2D eigenvalue weighted by Gasteiger charge is -2.40. The van der Waals surface area contributed by atoms with Gasteiger partial charge in [0.25, 0.3) is 0 Å². The molecule has 2 fully saturated rings. The van der Waals surface area contributed by atoms with Gasteiger partial charge in [-0.3, -0.25) is 9.59 Å². The van der Waals surface area contributed by atoms with Crippen molar-refractivity contribution in [3.8, 4) is 0 Å². The number of carboxylic acid groups (broad SMARTS) is 1. The third-order valence-corrected chi connectivity index (χ3v) is 3.77. The van der Waals surface area contributed by atoms with E-state index in [1.54, 1.807) is 0 Å². The van der Waals surface area contributed by atoms with Crippen LogP contribution in [0.25, 0.3) is 0 Å². The second-order valence-corrected chi connectivity index (χ2v) is 5.35. The maximum absolute atomic E-state index is 11.5. The Bertz CT molecular complexity index is 293. The molecule has 0 spiro atoms. The highest BCUT2D eigenvalue weighted by molar-refractivity contribution is 5.76. The van der Waals surface area contributed by atoms with Crippen molar-refractivity contribution in [2.75, 3.05) is 6.54 Å². The van der Waals surface area contributed by atoms with Crippen LogP contribution in [-0.4, -0.2) is 23.5 Å². The number of nitrogens with one attached hydrogen (secondary N) is 1. The van der Waals surface area contributed by atoms with Crippen molar-refractivity contribution < 1.29 is 14.7 Å². The Morgan fingerprint density at radius 1 is 1.31 bits per heavy atom. The first kappa shape index (κ1) is 11.4. The summed E-state index contributed by atoms with van der Waals surface area (Å²) in [5.74, 6) is -0.0629. The van der Waals surface area contributed by atoms with Gasteiger partial charge in [0.1, 0.15) is 0 Å². The summed E-state index contributed by atoms with van der Waals surface area (Å²) in [4.78, 5) is 22.2. The quantitative estimate of drug-likeness (QED) is 0.720. The molecule has 0 unspecified atom stereocenters. The van der Waals surface area contributed by atoms with E-state index in [4.69, 9.17) is 5.11 Å². The van der Waals surface area contributed by atoms with E-state index < -0.39 is 5.97 Å². The van der Waals surface area contributed by atoms with E-state index in [1.165, 1.54) is 12.8 Å². The zero-order valence-electron chi connectivity index (χ0n) is 9.50. The Morgan fingerprint density at radius 2 is 2.00 bits per heavy atom. The third-order valence-electron chi connectivity index (χ3n) is 3.77. The molecule has 2 aliphatic carbocycles. The topological polar surface area (TPSA) is 66.4 Å². The van der Waals surface area contributed by atoms with Gasteiger partial charge in [-0.2, -0.15) is 0 Å². The van der Waals surface area contributed by atoms with Gasteiger partial charge >= 0.3 is 5.97 Å². The van der Waals surface area contributed by atoms with Crippen LogP contribution in [0, 0.1) is 11.3 Å². The maximum Gasteiger partial charge on any atom is 0.303 e. The van der Waals surface area contributed by atoms with Gasteiger partial charge in [0.2, 0.25) is 5.91 Å². The highest BCUT2D eigenvalue weighted by Gasteiger charge is 2.39. The summed E-state index contributed by atoms with van der Waals surface area (Å²) in [5, 5.41) is 11.7. The number of carbonyl (C=O) groups excluding carboxylic acids is 1. The van der Waals surface area contributed by atoms with Crippen LogP contribution >= 0.6 is 0 Å². The normalized spacial score (nSPS) is 22.2. The SMILES string of the molecule is O=C(O)CC1(CNC(=O)CC2CC2)CCC1. The van der Waals surface area contributed by atoms with Crippen molar-refractivity contribution in [2.45, 2.75) is 44.9 Å². The number of rotatable bonds is 6. The van der Waals surface area contributed by atoms with E-state index in [0.717, 1.165) is 19.3 Å². The number of carboxylic acids is 1. The minimum Gasteiger partial charge on any atom is -0.481 e. The summed E-state index contributed by atoms with van der Waals surface area (Å²) in [7, 11) is 0. The van der Waals surface area contributed by atoms with E-state index in [-0.39, 0.29) is 17.7 Å². The fourth-order valence-electron chi connectivity index (χ4n) is 2.36. The van der Waals surface area contributed by atoms with Crippen molar-refractivity contribution in [3.63, 3.8) is 0 Å². The monoisotopic (exact) mass is 225 g/mol. The molecule has 16 heavy (non-hydrogen) atoms. The molecular formula is C12H19NO3. The largest absolute Gasteiger partial charge is 0.481 e. The van der Waals surface area contributed by atoms with E-state index in [2.05, 4.69) is 5.32 Å². The highest BCUT2D eigenvalue weighted by Crippen LogP contribution is 2.43. The molecule has 0 aromatic heterocycles. The van der Waals surface area contributed by atoms with Crippen LogP contribution < -0.4 is 5.32 Å². The summed E-state index contributed by atoms with van der Waals surface area (Å²) in [5.41, 5.74) is -0.148.